The molecule has 0 aromatic carbocycles. The van der Waals surface area contributed by atoms with Crippen LogP contribution in [0.1, 0.15) is 43.6 Å². The lowest BCUT2D eigenvalue weighted by molar-refractivity contribution is -0.140. The Morgan fingerprint density at radius 1 is 1.29 bits per heavy atom. The van der Waals surface area contributed by atoms with E-state index in [0.29, 0.717) is 18.5 Å². The number of aromatic nitrogens is 2. The number of carbonyl (C=O) groups is 2. The van der Waals surface area contributed by atoms with E-state index in [9.17, 15) is 9.59 Å². The molecule has 0 aliphatic carbocycles. The first-order valence-corrected chi connectivity index (χ1v) is 7.63. The fourth-order valence-corrected chi connectivity index (χ4v) is 2.12. The van der Waals surface area contributed by atoms with E-state index in [1.165, 1.54) is 7.11 Å². The maximum absolute atomic E-state index is 12.1. The molecule has 6 heteroatoms. The summed E-state index contributed by atoms with van der Waals surface area (Å²) in [5.41, 5.74) is 1.25. The molecule has 21 heavy (non-hydrogen) atoms. The van der Waals surface area contributed by atoms with Crippen LogP contribution in [-0.2, 0) is 9.53 Å². The average Bonchev–Trinajstić information content (AvgIpc) is 2.92. The van der Waals surface area contributed by atoms with E-state index >= 15 is 0 Å². The molecule has 0 fully saturated rings. The highest BCUT2D eigenvalue weighted by atomic mass is 79.9. The van der Waals surface area contributed by atoms with Crippen molar-refractivity contribution in [2.24, 2.45) is 0 Å². The summed E-state index contributed by atoms with van der Waals surface area (Å²) in [6, 6.07) is 3.70. The number of hydrogen-bond acceptors (Lipinski definition) is 4. The number of ketones is 1. The van der Waals surface area contributed by atoms with Crippen LogP contribution in [0, 0.1) is 0 Å². The zero-order valence-electron chi connectivity index (χ0n) is 12.4. The van der Waals surface area contributed by atoms with Gasteiger partial charge in [-0.1, -0.05) is 13.8 Å². The van der Waals surface area contributed by atoms with E-state index in [4.69, 9.17) is 0 Å². The van der Waals surface area contributed by atoms with Crippen LogP contribution in [0.2, 0.25) is 0 Å². The van der Waals surface area contributed by atoms with Crippen molar-refractivity contribution in [3.8, 4) is 0 Å². The van der Waals surface area contributed by atoms with Gasteiger partial charge in [0.2, 0.25) is 0 Å². The zero-order valence-corrected chi connectivity index (χ0v) is 14.0. The van der Waals surface area contributed by atoms with E-state index < -0.39 is 0 Å². The molecule has 2 aromatic rings. The van der Waals surface area contributed by atoms with Crippen molar-refractivity contribution in [3.05, 3.63) is 34.7 Å². The van der Waals surface area contributed by atoms with Crippen LogP contribution in [0.25, 0.3) is 5.65 Å². The second-order valence-electron chi connectivity index (χ2n) is 4.07. The number of hydrogen-bond donors (Lipinski definition) is 0. The third-order valence-electron chi connectivity index (χ3n) is 2.77. The monoisotopic (exact) mass is 354 g/mol. The van der Waals surface area contributed by atoms with Crippen molar-refractivity contribution in [2.45, 2.75) is 33.1 Å². The lowest BCUT2D eigenvalue weighted by Gasteiger charge is -2.02. The molecule has 0 saturated heterocycles. The van der Waals surface area contributed by atoms with Gasteiger partial charge in [-0.25, -0.2) is 4.98 Å². The average molecular weight is 355 g/mol. The molecule has 0 spiro atoms. The minimum Gasteiger partial charge on any atom is -0.469 e. The number of rotatable bonds is 5. The summed E-state index contributed by atoms with van der Waals surface area (Å²) in [5, 5.41) is 0. The molecule has 0 saturated carbocycles. The number of esters is 1. The van der Waals surface area contributed by atoms with Crippen molar-refractivity contribution < 1.29 is 14.3 Å². The van der Waals surface area contributed by atoms with Gasteiger partial charge in [0, 0.05) is 23.5 Å². The van der Waals surface area contributed by atoms with Crippen LogP contribution in [0.3, 0.4) is 0 Å². The predicted molar refractivity (Wildman–Crippen MR) is 84.4 cm³/mol. The third-order valence-corrected chi connectivity index (χ3v) is 3.24. The number of fused-ring (bicyclic) bond motifs is 1. The first kappa shape index (κ1) is 17.4. The van der Waals surface area contributed by atoms with Gasteiger partial charge in [0.05, 0.1) is 13.3 Å². The number of pyridine rings is 1. The van der Waals surface area contributed by atoms with E-state index in [1.807, 2.05) is 26.0 Å². The number of imidazole rings is 1. The lowest BCUT2D eigenvalue weighted by atomic mass is 10.1. The molecule has 5 nitrogen and oxygen atoms in total. The molecule has 0 N–H and O–H groups in total. The Labute approximate surface area is 132 Å². The van der Waals surface area contributed by atoms with Crippen molar-refractivity contribution in [1.29, 1.82) is 0 Å². The minimum atomic E-state index is -0.298. The predicted octanol–water partition coefficient (Wildman–Crippen LogP) is 3.65. The summed E-state index contributed by atoms with van der Waals surface area (Å²) in [7, 11) is 1.34. The highest BCUT2D eigenvalue weighted by Crippen LogP contribution is 2.15. The van der Waals surface area contributed by atoms with Crippen LogP contribution in [0.4, 0.5) is 0 Å². The van der Waals surface area contributed by atoms with E-state index in [2.05, 4.69) is 25.7 Å². The minimum absolute atomic E-state index is 0.0329. The Morgan fingerprint density at radius 2 is 2.00 bits per heavy atom. The molecule has 0 aliphatic rings. The quantitative estimate of drug-likeness (QED) is 0.607. The Kier molecular flexibility index (Phi) is 7.08. The molecule has 0 amide bonds. The van der Waals surface area contributed by atoms with Gasteiger partial charge >= 0.3 is 5.97 Å². The number of methoxy groups -OCH3 is 1. The van der Waals surface area contributed by atoms with E-state index in [1.54, 1.807) is 16.8 Å². The number of ether oxygens (including phenoxy) is 1. The Balaban J connectivity index is 0.00000106. The van der Waals surface area contributed by atoms with E-state index in [-0.39, 0.29) is 18.2 Å². The smallest absolute Gasteiger partial charge is 0.305 e. The van der Waals surface area contributed by atoms with Crippen LogP contribution < -0.4 is 0 Å². The first-order chi connectivity index (χ1) is 10.1. The van der Waals surface area contributed by atoms with E-state index in [0.717, 1.165) is 10.1 Å². The largest absolute Gasteiger partial charge is 0.469 e. The number of carbonyl (C=O) groups excluding carboxylic acids is 2. The van der Waals surface area contributed by atoms with Crippen LogP contribution in [-0.4, -0.2) is 28.2 Å². The van der Waals surface area contributed by atoms with Crippen LogP contribution in [0.15, 0.2) is 29.0 Å². The molecule has 2 aromatic heterocycles. The van der Waals surface area contributed by atoms with Gasteiger partial charge in [0.25, 0.3) is 0 Å². The molecule has 0 unspecified atom stereocenters. The standard InChI is InChI=1S/C13H13BrN2O3.C2H6/c1-19-13(18)4-2-3-11(17)10-7-15-12-6-5-9(14)8-16(10)12;1-2/h5-8H,2-4H2,1H3;1-2H3. The molecule has 0 radical (unpaired) electrons. The Bertz CT molecular complexity index is 622. The van der Waals surface area contributed by atoms with Crippen molar-refractivity contribution >= 4 is 33.3 Å². The highest BCUT2D eigenvalue weighted by Gasteiger charge is 2.13. The van der Waals surface area contributed by atoms with Gasteiger partial charge in [0.1, 0.15) is 11.3 Å². The zero-order chi connectivity index (χ0) is 15.8. The fraction of sp³-hybridized carbons (Fsp3) is 0.400. The van der Waals surface area contributed by atoms with Gasteiger partial charge in [-0.05, 0) is 34.5 Å². The topological polar surface area (TPSA) is 60.7 Å². The second kappa shape index (κ2) is 8.56. The molecule has 114 valence electrons. The Morgan fingerprint density at radius 3 is 2.67 bits per heavy atom. The number of halogens is 1. The highest BCUT2D eigenvalue weighted by molar-refractivity contribution is 9.10. The molecular formula is C15H19BrN2O3. The van der Waals surface area contributed by atoms with Gasteiger partial charge in [-0.2, -0.15) is 0 Å². The first-order valence-electron chi connectivity index (χ1n) is 6.84. The fourth-order valence-electron chi connectivity index (χ4n) is 1.78. The Hall–Kier alpha value is -1.69. The van der Waals surface area contributed by atoms with Gasteiger partial charge < -0.3 is 4.74 Å². The molecule has 0 bridgehead atoms. The molecule has 2 rings (SSSR count). The third kappa shape index (κ3) is 4.67. The maximum Gasteiger partial charge on any atom is 0.305 e. The van der Waals surface area contributed by atoms with Crippen molar-refractivity contribution in [2.75, 3.05) is 7.11 Å². The summed E-state index contributed by atoms with van der Waals surface area (Å²) in [6.07, 6.45) is 4.39. The van der Waals surface area contributed by atoms with Crippen LogP contribution >= 0.6 is 15.9 Å². The molecule has 0 aliphatic heterocycles. The SMILES string of the molecule is CC.COC(=O)CCCC(=O)c1cnc2ccc(Br)cn12. The van der Waals surface area contributed by atoms with Crippen molar-refractivity contribution in [3.63, 3.8) is 0 Å². The van der Waals surface area contributed by atoms with Crippen LogP contribution in [0.5, 0.6) is 0 Å². The molecular weight excluding hydrogens is 336 g/mol. The van der Waals surface area contributed by atoms with Gasteiger partial charge in [-0.3, -0.25) is 14.0 Å². The molecule has 0 atom stereocenters. The summed E-state index contributed by atoms with van der Waals surface area (Å²) in [4.78, 5) is 27.2. The molecule has 2 heterocycles. The van der Waals surface area contributed by atoms with Gasteiger partial charge in [0.15, 0.2) is 5.78 Å². The maximum atomic E-state index is 12.1. The summed E-state index contributed by atoms with van der Waals surface area (Å²) >= 11 is 3.36. The van der Waals surface area contributed by atoms with Crippen molar-refractivity contribution in [1.82, 2.24) is 9.38 Å². The van der Waals surface area contributed by atoms with Gasteiger partial charge in [-0.15, -0.1) is 0 Å². The summed E-state index contributed by atoms with van der Waals surface area (Å²) in [6.45, 7) is 4.00. The summed E-state index contributed by atoms with van der Waals surface area (Å²) < 4.78 is 7.15. The number of Topliss-reactive ketones (excluding diaryl/α,β-unsaturated/α-hetero) is 1. The normalized spacial score (nSPS) is 9.90. The lowest BCUT2D eigenvalue weighted by Crippen LogP contribution is -2.06. The second-order valence-corrected chi connectivity index (χ2v) is 4.99. The summed E-state index contributed by atoms with van der Waals surface area (Å²) in [5.74, 6) is -0.330. The number of nitrogens with zero attached hydrogens (tertiary/aromatic N) is 2.